The first-order chi connectivity index (χ1) is 16.9. The molecule has 0 unspecified atom stereocenters. The Kier molecular flexibility index (Phi) is 5.59. The molecule has 0 aromatic heterocycles. The highest BCUT2D eigenvalue weighted by molar-refractivity contribution is 7.80. The first-order valence-electron chi connectivity index (χ1n) is 10.2. The summed E-state index contributed by atoms with van der Waals surface area (Å²) in [6.45, 7) is -0.165. The Morgan fingerprint density at radius 2 is 1.71 bits per heavy atom. The van der Waals surface area contributed by atoms with Gasteiger partial charge in [-0.1, -0.05) is 18.2 Å². The van der Waals surface area contributed by atoms with Gasteiger partial charge in [-0.25, -0.2) is 0 Å². The van der Waals surface area contributed by atoms with Gasteiger partial charge in [-0.3, -0.25) is 29.9 Å². The highest BCUT2D eigenvalue weighted by atomic mass is 32.1. The fourth-order valence-corrected chi connectivity index (χ4v) is 3.89. The number of nitro benzene ring substituents is 1. The molecule has 35 heavy (non-hydrogen) atoms. The monoisotopic (exact) mass is 489 g/mol. The molecule has 0 aliphatic carbocycles. The van der Waals surface area contributed by atoms with Gasteiger partial charge in [-0.15, -0.1) is 0 Å². The minimum atomic E-state index is -0.771. The maximum atomic E-state index is 13.3. The number of nitro groups is 1. The molecule has 0 radical (unpaired) electrons. The molecule has 3 aromatic carbocycles. The first-order valence-corrected chi connectivity index (χ1v) is 10.6. The van der Waals surface area contributed by atoms with Crippen LogP contribution in [0.3, 0.4) is 0 Å². The first kappa shape index (κ1) is 22.0. The number of carbonyl (C=O) groups is 2. The summed E-state index contributed by atoms with van der Waals surface area (Å²) in [5.41, 5.74) is -0.344. The van der Waals surface area contributed by atoms with Crippen LogP contribution in [0.1, 0.15) is 5.56 Å². The molecule has 10 nitrogen and oxygen atoms in total. The number of hydrogen-bond donors (Lipinski definition) is 1. The van der Waals surface area contributed by atoms with Crippen molar-refractivity contribution in [2.24, 2.45) is 0 Å². The Morgan fingerprint density at radius 3 is 2.43 bits per heavy atom. The molecule has 1 fully saturated rings. The molecule has 2 aliphatic heterocycles. The number of nitrogens with one attached hydrogen (secondary N) is 1. The maximum Gasteiger partial charge on any atom is 0.322 e. The molecule has 0 bridgehead atoms. The number of anilines is 1. The van der Waals surface area contributed by atoms with Crippen molar-refractivity contribution < 1.29 is 28.7 Å². The molecule has 174 valence electrons. The van der Waals surface area contributed by atoms with Gasteiger partial charge in [0, 0.05) is 0 Å². The largest absolute Gasteiger partial charge is 0.457 e. The van der Waals surface area contributed by atoms with Crippen molar-refractivity contribution in [2.45, 2.75) is 0 Å². The Balaban J connectivity index is 1.47. The van der Waals surface area contributed by atoms with Gasteiger partial charge in [0.25, 0.3) is 11.8 Å². The lowest BCUT2D eigenvalue weighted by Crippen LogP contribution is -2.54. The molecule has 0 atom stereocenters. The Hall–Kier alpha value is -4.77. The molecular formula is C24H15N3O7S. The van der Waals surface area contributed by atoms with E-state index in [0.717, 1.165) is 11.0 Å². The van der Waals surface area contributed by atoms with Crippen molar-refractivity contribution in [1.29, 1.82) is 0 Å². The summed E-state index contributed by atoms with van der Waals surface area (Å²) in [6.07, 6.45) is 1.14. The van der Waals surface area contributed by atoms with Crippen LogP contribution in [0.25, 0.3) is 6.08 Å². The predicted molar refractivity (Wildman–Crippen MR) is 128 cm³/mol. The predicted octanol–water partition coefficient (Wildman–Crippen LogP) is 3.95. The number of carbonyl (C=O) groups excluding carboxylic acids is 2. The highest BCUT2D eigenvalue weighted by Crippen LogP contribution is 2.43. The summed E-state index contributed by atoms with van der Waals surface area (Å²) in [7, 11) is 0. The molecule has 2 aliphatic rings. The van der Waals surface area contributed by atoms with E-state index in [1.54, 1.807) is 36.4 Å². The van der Waals surface area contributed by atoms with Crippen molar-refractivity contribution >= 4 is 46.6 Å². The normalized spacial score (nSPS) is 15.8. The van der Waals surface area contributed by atoms with Crippen molar-refractivity contribution in [3.05, 3.63) is 88.0 Å². The van der Waals surface area contributed by atoms with Gasteiger partial charge in [-0.05, 0) is 66.8 Å². The van der Waals surface area contributed by atoms with E-state index in [9.17, 15) is 19.7 Å². The van der Waals surface area contributed by atoms with Crippen LogP contribution >= 0.6 is 12.2 Å². The molecule has 5 rings (SSSR count). The lowest BCUT2D eigenvalue weighted by Gasteiger charge is -2.29. The van der Waals surface area contributed by atoms with E-state index in [4.69, 9.17) is 26.4 Å². The van der Waals surface area contributed by atoms with E-state index in [2.05, 4.69) is 5.32 Å². The third-order valence-corrected chi connectivity index (χ3v) is 5.49. The number of rotatable bonds is 5. The zero-order valence-electron chi connectivity index (χ0n) is 17.8. The summed E-state index contributed by atoms with van der Waals surface area (Å²) in [5.74, 6) is -0.179. The van der Waals surface area contributed by atoms with E-state index in [1.165, 1.54) is 12.1 Å². The minimum absolute atomic E-state index is 0.0112. The second-order valence-corrected chi connectivity index (χ2v) is 7.75. The van der Waals surface area contributed by atoms with Gasteiger partial charge in [0.05, 0.1) is 16.2 Å². The molecule has 1 N–H and O–H groups in total. The number of para-hydroxylation sites is 1. The van der Waals surface area contributed by atoms with E-state index in [1.807, 2.05) is 18.2 Å². The van der Waals surface area contributed by atoms with Crippen molar-refractivity contribution in [3.63, 3.8) is 0 Å². The summed E-state index contributed by atoms with van der Waals surface area (Å²) in [4.78, 5) is 38.1. The molecule has 0 saturated carbocycles. The van der Waals surface area contributed by atoms with Gasteiger partial charge in [-0.2, -0.15) is 0 Å². The second-order valence-electron chi connectivity index (χ2n) is 7.36. The van der Waals surface area contributed by atoms with Crippen LogP contribution in [0.2, 0.25) is 0 Å². The quantitative estimate of drug-likeness (QED) is 0.188. The molecule has 1 saturated heterocycles. The lowest BCUT2D eigenvalue weighted by atomic mass is 10.0. The van der Waals surface area contributed by atoms with Gasteiger partial charge < -0.3 is 14.2 Å². The number of thiocarbonyl (C=S) groups is 1. The Labute approximate surface area is 203 Å². The van der Waals surface area contributed by atoms with Crippen LogP contribution in [0.5, 0.6) is 23.0 Å². The summed E-state index contributed by atoms with van der Waals surface area (Å²) in [5, 5.41) is 14.0. The number of ether oxygens (including phenoxy) is 3. The number of fused-ring (bicyclic) bond motifs is 1. The highest BCUT2D eigenvalue weighted by Gasteiger charge is 2.36. The molecule has 0 spiro atoms. The van der Waals surface area contributed by atoms with Gasteiger partial charge in [0.1, 0.15) is 17.1 Å². The molecular weight excluding hydrogens is 474 g/mol. The topological polar surface area (TPSA) is 120 Å². The average Bonchev–Trinajstić information content (AvgIpc) is 3.31. The number of nitrogens with zero attached hydrogens (tertiary/aromatic N) is 2. The van der Waals surface area contributed by atoms with Gasteiger partial charge in [0.15, 0.2) is 10.9 Å². The average molecular weight is 489 g/mol. The smallest absolute Gasteiger partial charge is 0.322 e. The van der Waals surface area contributed by atoms with Crippen LogP contribution < -0.4 is 24.4 Å². The zero-order chi connectivity index (χ0) is 24.5. The van der Waals surface area contributed by atoms with E-state index >= 15 is 0 Å². The summed E-state index contributed by atoms with van der Waals surface area (Å²) < 4.78 is 16.2. The fourth-order valence-electron chi connectivity index (χ4n) is 3.61. The summed E-state index contributed by atoms with van der Waals surface area (Å²) >= 11 is 5.22. The van der Waals surface area contributed by atoms with Crippen molar-refractivity contribution in [1.82, 2.24) is 5.32 Å². The fraction of sp³-hybridized carbons (Fsp3) is 0.0417. The minimum Gasteiger partial charge on any atom is -0.457 e. The van der Waals surface area contributed by atoms with Crippen molar-refractivity contribution in [3.8, 4) is 23.0 Å². The van der Waals surface area contributed by atoms with Crippen molar-refractivity contribution in [2.75, 3.05) is 11.7 Å². The maximum absolute atomic E-state index is 13.3. The van der Waals surface area contributed by atoms with Crippen LogP contribution in [0.4, 0.5) is 11.4 Å². The molecule has 2 amide bonds. The number of benzene rings is 3. The zero-order valence-corrected chi connectivity index (χ0v) is 18.6. The summed E-state index contributed by atoms with van der Waals surface area (Å²) in [6, 6.07) is 18.6. The van der Waals surface area contributed by atoms with E-state index < -0.39 is 22.4 Å². The molecule has 11 heteroatoms. The van der Waals surface area contributed by atoms with Gasteiger partial charge >= 0.3 is 5.69 Å². The van der Waals surface area contributed by atoms with E-state index in [-0.39, 0.29) is 34.5 Å². The van der Waals surface area contributed by atoms with Crippen LogP contribution in [-0.4, -0.2) is 28.6 Å². The standard InChI is InChI=1S/C24H15N3O7S/c28-22-18(12-14-6-11-19-21(33-13-32-19)20(14)27(30)31)23(29)26(24(35)25-22)15-7-9-17(10-8-15)34-16-4-2-1-3-5-16/h1-12H,13H2,(H,25,28,35). The Bertz CT molecular complexity index is 1400. The number of amides is 2. The van der Waals surface area contributed by atoms with E-state index in [0.29, 0.717) is 17.2 Å². The molecule has 2 heterocycles. The third kappa shape index (κ3) is 4.15. The van der Waals surface area contributed by atoms with Crippen LogP contribution in [0.15, 0.2) is 72.3 Å². The number of hydrogen-bond acceptors (Lipinski definition) is 8. The lowest BCUT2D eigenvalue weighted by molar-refractivity contribution is -0.385. The second kappa shape index (κ2) is 8.88. The van der Waals surface area contributed by atoms with Crippen LogP contribution in [0, 0.1) is 10.1 Å². The van der Waals surface area contributed by atoms with Gasteiger partial charge in [0.2, 0.25) is 12.5 Å². The third-order valence-electron chi connectivity index (χ3n) is 5.20. The van der Waals surface area contributed by atoms with Crippen LogP contribution in [-0.2, 0) is 9.59 Å². The Morgan fingerprint density at radius 1 is 1.00 bits per heavy atom. The molecule has 3 aromatic rings. The SMILES string of the molecule is O=C1NC(=S)N(c2ccc(Oc3ccccc3)cc2)C(=O)C1=Cc1ccc2c(c1[N+](=O)[O-])OCO2.